The highest BCUT2D eigenvalue weighted by Crippen LogP contribution is 2.39. The Kier molecular flexibility index (Phi) is 4.30. The number of sulfone groups is 1. The maximum absolute atomic E-state index is 13.6. The maximum atomic E-state index is 13.6. The third-order valence-corrected chi connectivity index (χ3v) is 4.97. The van der Waals surface area contributed by atoms with E-state index < -0.39 is 21.5 Å². The standard InChI is InChI=1S/C19H14F2O3S/c1-25(23,24)14-8-5-12(6-9-14)15-3-2-4-18(22)19(15)13-7-10-16(20)17(21)11-13/h2-11,22H,1H3. The molecule has 1 N–H and O–H groups in total. The molecule has 0 spiro atoms. The van der Waals surface area contributed by atoms with Gasteiger partial charge in [0.05, 0.1) is 4.90 Å². The highest BCUT2D eigenvalue weighted by atomic mass is 32.2. The number of phenolic OH excluding ortho intramolecular Hbond substituents is 1. The van der Waals surface area contributed by atoms with Crippen LogP contribution in [0, 0.1) is 11.6 Å². The summed E-state index contributed by atoms with van der Waals surface area (Å²) in [5.41, 5.74) is 1.88. The Morgan fingerprint density at radius 3 is 2.08 bits per heavy atom. The predicted molar refractivity (Wildman–Crippen MR) is 92.0 cm³/mol. The molecular formula is C19H14F2O3S. The predicted octanol–water partition coefficient (Wildman–Crippen LogP) is 4.41. The second-order valence-electron chi connectivity index (χ2n) is 5.63. The zero-order chi connectivity index (χ0) is 18.2. The Morgan fingerprint density at radius 2 is 1.48 bits per heavy atom. The van der Waals surface area contributed by atoms with Crippen LogP contribution in [0.4, 0.5) is 8.78 Å². The Hall–Kier alpha value is -2.73. The Bertz CT molecular complexity index is 1040. The molecule has 0 fully saturated rings. The van der Waals surface area contributed by atoms with E-state index in [0.29, 0.717) is 22.3 Å². The van der Waals surface area contributed by atoms with Gasteiger partial charge in [-0.3, -0.25) is 0 Å². The first kappa shape index (κ1) is 17.1. The van der Waals surface area contributed by atoms with Crippen molar-refractivity contribution in [2.24, 2.45) is 0 Å². The molecule has 0 atom stereocenters. The number of halogens is 2. The van der Waals surface area contributed by atoms with Gasteiger partial charge in [0.2, 0.25) is 0 Å². The van der Waals surface area contributed by atoms with Crippen LogP contribution in [0.15, 0.2) is 65.6 Å². The molecule has 0 aromatic heterocycles. The van der Waals surface area contributed by atoms with Crippen molar-refractivity contribution < 1.29 is 22.3 Å². The molecule has 0 saturated carbocycles. The summed E-state index contributed by atoms with van der Waals surface area (Å²) in [5.74, 6) is -2.08. The largest absolute Gasteiger partial charge is 0.507 e. The Labute approximate surface area is 144 Å². The van der Waals surface area contributed by atoms with Crippen LogP contribution in [-0.2, 0) is 9.84 Å². The number of hydrogen-bond acceptors (Lipinski definition) is 3. The summed E-state index contributed by atoms with van der Waals surface area (Å²) in [6, 6.07) is 14.3. The SMILES string of the molecule is CS(=O)(=O)c1ccc(-c2cccc(O)c2-c2ccc(F)c(F)c2)cc1. The second-order valence-corrected chi connectivity index (χ2v) is 7.64. The zero-order valence-electron chi connectivity index (χ0n) is 13.2. The minimum atomic E-state index is -3.32. The zero-order valence-corrected chi connectivity index (χ0v) is 14.0. The molecular weight excluding hydrogens is 346 g/mol. The second kappa shape index (κ2) is 6.29. The topological polar surface area (TPSA) is 54.4 Å². The van der Waals surface area contributed by atoms with E-state index in [1.54, 1.807) is 24.3 Å². The molecule has 6 heteroatoms. The maximum Gasteiger partial charge on any atom is 0.175 e. The van der Waals surface area contributed by atoms with E-state index in [1.807, 2.05) is 0 Å². The molecule has 128 valence electrons. The van der Waals surface area contributed by atoms with E-state index in [-0.39, 0.29) is 10.6 Å². The summed E-state index contributed by atoms with van der Waals surface area (Å²) in [6.45, 7) is 0. The van der Waals surface area contributed by atoms with Crippen molar-refractivity contribution in [3.63, 3.8) is 0 Å². The fourth-order valence-electron chi connectivity index (χ4n) is 2.62. The molecule has 0 bridgehead atoms. The van der Waals surface area contributed by atoms with E-state index in [9.17, 15) is 22.3 Å². The van der Waals surface area contributed by atoms with Crippen molar-refractivity contribution in [3.8, 4) is 28.0 Å². The molecule has 3 nitrogen and oxygen atoms in total. The fourth-order valence-corrected chi connectivity index (χ4v) is 3.25. The summed E-state index contributed by atoms with van der Waals surface area (Å²) >= 11 is 0. The lowest BCUT2D eigenvalue weighted by atomic mass is 9.93. The first-order chi connectivity index (χ1) is 11.8. The third-order valence-electron chi connectivity index (χ3n) is 3.84. The highest BCUT2D eigenvalue weighted by molar-refractivity contribution is 7.90. The van der Waals surface area contributed by atoms with E-state index >= 15 is 0 Å². The lowest BCUT2D eigenvalue weighted by Crippen LogP contribution is -1.96. The molecule has 3 aromatic rings. The molecule has 3 aromatic carbocycles. The quantitative estimate of drug-likeness (QED) is 0.753. The van der Waals surface area contributed by atoms with Crippen LogP contribution in [0.3, 0.4) is 0 Å². The van der Waals surface area contributed by atoms with Gasteiger partial charge in [-0.05, 0) is 47.0 Å². The summed E-state index contributed by atoms with van der Waals surface area (Å²) in [6.07, 6.45) is 1.11. The third kappa shape index (κ3) is 3.39. The van der Waals surface area contributed by atoms with Gasteiger partial charge in [-0.25, -0.2) is 17.2 Å². The minimum Gasteiger partial charge on any atom is -0.507 e. The van der Waals surface area contributed by atoms with Crippen LogP contribution < -0.4 is 0 Å². The van der Waals surface area contributed by atoms with Crippen LogP contribution >= 0.6 is 0 Å². The van der Waals surface area contributed by atoms with Gasteiger partial charge in [-0.1, -0.05) is 30.3 Å². The summed E-state index contributed by atoms with van der Waals surface area (Å²) < 4.78 is 49.9. The summed E-state index contributed by atoms with van der Waals surface area (Å²) in [4.78, 5) is 0.172. The van der Waals surface area contributed by atoms with Gasteiger partial charge in [0.1, 0.15) is 5.75 Å². The van der Waals surface area contributed by atoms with Crippen molar-refractivity contribution in [3.05, 3.63) is 72.3 Å². The summed E-state index contributed by atoms with van der Waals surface area (Å²) in [7, 11) is -3.32. The van der Waals surface area contributed by atoms with Gasteiger partial charge in [-0.2, -0.15) is 0 Å². The molecule has 25 heavy (non-hydrogen) atoms. The van der Waals surface area contributed by atoms with E-state index in [2.05, 4.69) is 0 Å². The van der Waals surface area contributed by atoms with E-state index in [1.165, 1.54) is 24.3 Å². The van der Waals surface area contributed by atoms with Gasteiger partial charge < -0.3 is 5.11 Å². The van der Waals surface area contributed by atoms with E-state index in [4.69, 9.17) is 0 Å². The number of hydrogen-bond donors (Lipinski definition) is 1. The van der Waals surface area contributed by atoms with Gasteiger partial charge in [-0.15, -0.1) is 0 Å². The molecule has 0 amide bonds. The number of phenols is 1. The van der Waals surface area contributed by atoms with Gasteiger partial charge in [0.25, 0.3) is 0 Å². The molecule has 0 unspecified atom stereocenters. The van der Waals surface area contributed by atoms with Gasteiger partial charge >= 0.3 is 0 Å². The molecule has 0 saturated heterocycles. The van der Waals surface area contributed by atoms with Crippen molar-refractivity contribution in [2.45, 2.75) is 4.90 Å². The summed E-state index contributed by atoms with van der Waals surface area (Å²) in [5, 5.41) is 10.2. The monoisotopic (exact) mass is 360 g/mol. The smallest absolute Gasteiger partial charge is 0.175 e. The Morgan fingerprint density at radius 1 is 0.840 bits per heavy atom. The molecule has 3 rings (SSSR count). The molecule has 0 aliphatic rings. The van der Waals surface area contributed by atoms with Crippen molar-refractivity contribution in [1.29, 1.82) is 0 Å². The average Bonchev–Trinajstić information content (AvgIpc) is 2.57. The van der Waals surface area contributed by atoms with Crippen LogP contribution in [0.1, 0.15) is 0 Å². The fraction of sp³-hybridized carbons (Fsp3) is 0.0526. The minimum absolute atomic E-state index is 0.0873. The van der Waals surface area contributed by atoms with Crippen molar-refractivity contribution in [1.82, 2.24) is 0 Å². The first-order valence-corrected chi connectivity index (χ1v) is 9.24. The van der Waals surface area contributed by atoms with Crippen LogP contribution in [-0.4, -0.2) is 19.8 Å². The average molecular weight is 360 g/mol. The van der Waals surface area contributed by atoms with Crippen molar-refractivity contribution >= 4 is 9.84 Å². The molecule has 0 radical (unpaired) electrons. The molecule has 0 heterocycles. The number of aromatic hydroxyl groups is 1. The van der Waals surface area contributed by atoms with Crippen LogP contribution in [0.2, 0.25) is 0 Å². The van der Waals surface area contributed by atoms with Crippen molar-refractivity contribution in [2.75, 3.05) is 6.26 Å². The molecule has 0 aliphatic heterocycles. The lowest BCUT2D eigenvalue weighted by Gasteiger charge is -2.13. The molecule has 0 aliphatic carbocycles. The van der Waals surface area contributed by atoms with Gasteiger partial charge in [0.15, 0.2) is 21.5 Å². The van der Waals surface area contributed by atoms with Crippen LogP contribution in [0.25, 0.3) is 22.3 Å². The number of rotatable bonds is 3. The Balaban J connectivity index is 2.18. The number of benzene rings is 3. The first-order valence-electron chi connectivity index (χ1n) is 7.35. The lowest BCUT2D eigenvalue weighted by molar-refractivity contribution is 0.477. The highest BCUT2D eigenvalue weighted by Gasteiger charge is 2.15. The van der Waals surface area contributed by atoms with E-state index in [0.717, 1.165) is 18.4 Å². The normalized spacial score (nSPS) is 11.5. The van der Waals surface area contributed by atoms with Crippen LogP contribution in [0.5, 0.6) is 5.75 Å². The van der Waals surface area contributed by atoms with Gasteiger partial charge in [0, 0.05) is 11.8 Å².